The van der Waals surface area contributed by atoms with Gasteiger partial charge in [-0.2, -0.15) is 5.10 Å². The SMILES string of the molecule is Cc1nc([C@@H]2CN(C(=O)Cc3ccc(Cl)cc3)C[C@H]2NC(=O)c2ccccc2)n[nH]1. The maximum atomic E-state index is 12.9. The number of nitrogens with one attached hydrogen (secondary N) is 2. The summed E-state index contributed by atoms with van der Waals surface area (Å²) in [5.41, 5.74) is 1.47. The Hall–Kier alpha value is -3.19. The van der Waals surface area contributed by atoms with Crippen molar-refractivity contribution < 1.29 is 9.59 Å². The standard InChI is InChI=1S/C22H22ClN5O2/c1-14-24-21(27-26-14)18-12-28(20(29)11-15-7-9-17(23)10-8-15)13-19(18)25-22(30)16-5-3-2-4-6-16/h2-10,18-19H,11-13H2,1H3,(H,25,30)(H,24,26,27)/t18-,19-/m1/s1. The molecule has 2 amide bonds. The largest absolute Gasteiger partial charge is 0.347 e. The summed E-state index contributed by atoms with van der Waals surface area (Å²) >= 11 is 5.93. The lowest BCUT2D eigenvalue weighted by atomic mass is 10.0. The molecule has 0 radical (unpaired) electrons. The minimum Gasteiger partial charge on any atom is -0.347 e. The zero-order valence-electron chi connectivity index (χ0n) is 16.5. The Morgan fingerprint density at radius 3 is 2.53 bits per heavy atom. The molecule has 0 saturated carbocycles. The molecule has 30 heavy (non-hydrogen) atoms. The van der Waals surface area contributed by atoms with Crippen LogP contribution in [0.5, 0.6) is 0 Å². The third-order valence-corrected chi connectivity index (χ3v) is 5.49. The van der Waals surface area contributed by atoms with Crippen LogP contribution in [0, 0.1) is 6.92 Å². The third-order valence-electron chi connectivity index (χ3n) is 5.24. The van der Waals surface area contributed by atoms with Crippen molar-refractivity contribution in [3.05, 3.63) is 82.4 Å². The van der Waals surface area contributed by atoms with Crippen LogP contribution in [0.4, 0.5) is 0 Å². The van der Waals surface area contributed by atoms with Gasteiger partial charge in [-0.1, -0.05) is 41.9 Å². The molecule has 0 unspecified atom stereocenters. The van der Waals surface area contributed by atoms with Crippen molar-refractivity contribution >= 4 is 23.4 Å². The van der Waals surface area contributed by atoms with Gasteiger partial charge < -0.3 is 10.2 Å². The van der Waals surface area contributed by atoms with Gasteiger partial charge in [0.15, 0.2) is 5.82 Å². The molecule has 1 aliphatic rings. The summed E-state index contributed by atoms with van der Waals surface area (Å²) < 4.78 is 0. The number of carbonyl (C=O) groups is 2. The normalized spacial score (nSPS) is 18.4. The predicted octanol–water partition coefficient (Wildman–Crippen LogP) is 2.73. The Balaban J connectivity index is 1.50. The number of halogens is 1. The fourth-order valence-corrected chi connectivity index (χ4v) is 3.80. The Morgan fingerprint density at radius 2 is 1.87 bits per heavy atom. The van der Waals surface area contributed by atoms with Crippen molar-refractivity contribution in [3.63, 3.8) is 0 Å². The number of aryl methyl sites for hydroxylation is 1. The van der Waals surface area contributed by atoms with Gasteiger partial charge in [0.2, 0.25) is 5.91 Å². The second-order valence-corrected chi connectivity index (χ2v) is 7.87. The lowest BCUT2D eigenvalue weighted by Crippen LogP contribution is -2.40. The Labute approximate surface area is 179 Å². The quantitative estimate of drug-likeness (QED) is 0.660. The van der Waals surface area contributed by atoms with E-state index < -0.39 is 0 Å². The first-order valence-corrected chi connectivity index (χ1v) is 10.1. The van der Waals surface area contributed by atoms with Gasteiger partial charge in [0.1, 0.15) is 5.82 Å². The minimum atomic E-state index is -0.276. The van der Waals surface area contributed by atoms with Crippen molar-refractivity contribution in [3.8, 4) is 0 Å². The van der Waals surface area contributed by atoms with E-state index in [1.807, 2.05) is 37.3 Å². The second kappa shape index (κ2) is 8.67. The maximum Gasteiger partial charge on any atom is 0.251 e. The van der Waals surface area contributed by atoms with Gasteiger partial charge in [-0.3, -0.25) is 14.7 Å². The highest BCUT2D eigenvalue weighted by molar-refractivity contribution is 6.30. The van der Waals surface area contributed by atoms with Crippen LogP contribution < -0.4 is 5.32 Å². The van der Waals surface area contributed by atoms with Crippen LogP contribution in [-0.2, 0) is 11.2 Å². The molecule has 1 fully saturated rings. The van der Waals surface area contributed by atoms with E-state index in [9.17, 15) is 9.59 Å². The van der Waals surface area contributed by atoms with Crippen LogP contribution >= 0.6 is 11.6 Å². The molecule has 154 valence electrons. The van der Waals surface area contributed by atoms with Gasteiger partial charge in [0.05, 0.1) is 18.4 Å². The van der Waals surface area contributed by atoms with Crippen molar-refractivity contribution in [1.82, 2.24) is 25.4 Å². The zero-order chi connectivity index (χ0) is 21.1. The van der Waals surface area contributed by atoms with Gasteiger partial charge in [-0.15, -0.1) is 0 Å². The second-order valence-electron chi connectivity index (χ2n) is 7.43. The molecule has 2 heterocycles. The van der Waals surface area contributed by atoms with Crippen LogP contribution in [-0.4, -0.2) is 51.0 Å². The molecular weight excluding hydrogens is 402 g/mol. The predicted molar refractivity (Wildman–Crippen MR) is 113 cm³/mol. The molecule has 1 aromatic heterocycles. The van der Waals surface area contributed by atoms with Crippen LogP contribution in [0.1, 0.15) is 33.5 Å². The van der Waals surface area contributed by atoms with E-state index in [4.69, 9.17) is 11.6 Å². The number of rotatable bonds is 5. The lowest BCUT2D eigenvalue weighted by Gasteiger charge is -2.18. The average Bonchev–Trinajstić information content (AvgIpc) is 3.36. The zero-order valence-corrected chi connectivity index (χ0v) is 17.3. The number of H-pyrrole nitrogens is 1. The molecule has 0 bridgehead atoms. The fourth-order valence-electron chi connectivity index (χ4n) is 3.67. The Morgan fingerprint density at radius 1 is 1.13 bits per heavy atom. The summed E-state index contributed by atoms with van der Waals surface area (Å²) in [5, 5.41) is 10.8. The first-order valence-electron chi connectivity index (χ1n) is 9.76. The molecule has 0 spiro atoms. The number of aromatic nitrogens is 3. The number of likely N-dealkylation sites (tertiary alicyclic amines) is 1. The van der Waals surface area contributed by atoms with E-state index in [0.29, 0.717) is 35.3 Å². The molecule has 1 aliphatic heterocycles. The molecule has 2 atom stereocenters. The van der Waals surface area contributed by atoms with Crippen LogP contribution in [0.2, 0.25) is 5.02 Å². The molecular formula is C22H22ClN5O2. The van der Waals surface area contributed by atoms with Crippen LogP contribution in [0.15, 0.2) is 54.6 Å². The van der Waals surface area contributed by atoms with Crippen molar-refractivity contribution in [2.45, 2.75) is 25.3 Å². The molecule has 3 aromatic rings. The van der Waals surface area contributed by atoms with Gasteiger partial charge in [-0.25, -0.2) is 4.98 Å². The summed E-state index contributed by atoms with van der Waals surface area (Å²) in [7, 11) is 0. The molecule has 7 nitrogen and oxygen atoms in total. The van der Waals surface area contributed by atoms with E-state index in [1.165, 1.54) is 0 Å². The highest BCUT2D eigenvalue weighted by atomic mass is 35.5. The van der Waals surface area contributed by atoms with Gasteiger partial charge in [-0.05, 0) is 36.8 Å². The topological polar surface area (TPSA) is 91.0 Å². The number of carbonyl (C=O) groups excluding carboxylic acids is 2. The fraction of sp³-hybridized carbons (Fsp3) is 0.273. The van der Waals surface area contributed by atoms with E-state index >= 15 is 0 Å². The number of amides is 2. The maximum absolute atomic E-state index is 12.9. The number of hydrogen-bond donors (Lipinski definition) is 2. The van der Waals surface area contributed by atoms with Crippen LogP contribution in [0.25, 0.3) is 0 Å². The smallest absolute Gasteiger partial charge is 0.251 e. The Bertz CT molecular complexity index is 1040. The van der Waals surface area contributed by atoms with Gasteiger partial charge >= 0.3 is 0 Å². The summed E-state index contributed by atoms with van der Waals surface area (Å²) in [4.78, 5) is 31.8. The monoisotopic (exact) mass is 423 g/mol. The van der Waals surface area contributed by atoms with E-state index in [1.54, 1.807) is 29.2 Å². The third kappa shape index (κ3) is 4.52. The van der Waals surface area contributed by atoms with E-state index in [-0.39, 0.29) is 30.2 Å². The van der Waals surface area contributed by atoms with Crippen molar-refractivity contribution in [2.24, 2.45) is 0 Å². The minimum absolute atomic E-state index is 0.00830. The molecule has 4 rings (SSSR count). The lowest BCUT2D eigenvalue weighted by molar-refractivity contribution is -0.129. The summed E-state index contributed by atoms with van der Waals surface area (Å²) in [6.45, 7) is 2.68. The number of benzene rings is 2. The molecule has 2 N–H and O–H groups in total. The first-order chi connectivity index (χ1) is 14.5. The average molecular weight is 424 g/mol. The number of hydrogen-bond acceptors (Lipinski definition) is 4. The Kier molecular flexibility index (Phi) is 5.81. The van der Waals surface area contributed by atoms with Crippen molar-refractivity contribution in [1.29, 1.82) is 0 Å². The molecule has 8 heteroatoms. The van der Waals surface area contributed by atoms with Gasteiger partial charge in [0, 0.05) is 23.7 Å². The molecule has 0 aliphatic carbocycles. The molecule has 2 aromatic carbocycles. The highest BCUT2D eigenvalue weighted by Crippen LogP contribution is 2.26. The summed E-state index contributed by atoms with van der Waals surface area (Å²) in [6.07, 6.45) is 0.274. The van der Waals surface area contributed by atoms with E-state index in [2.05, 4.69) is 20.5 Å². The van der Waals surface area contributed by atoms with Gasteiger partial charge in [0.25, 0.3) is 5.91 Å². The number of aromatic amines is 1. The number of nitrogens with zero attached hydrogens (tertiary/aromatic N) is 3. The van der Waals surface area contributed by atoms with E-state index in [0.717, 1.165) is 5.56 Å². The summed E-state index contributed by atoms with van der Waals surface area (Å²) in [5.74, 6) is 0.935. The van der Waals surface area contributed by atoms with Crippen molar-refractivity contribution in [2.75, 3.05) is 13.1 Å². The highest BCUT2D eigenvalue weighted by Gasteiger charge is 2.39. The molecule has 1 saturated heterocycles. The first kappa shape index (κ1) is 20.1. The van der Waals surface area contributed by atoms with Crippen LogP contribution in [0.3, 0.4) is 0 Å². The summed E-state index contributed by atoms with van der Waals surface area (Å²) in [6, 6.07) is 16.0.